The molecule has 0 aliphatic heterocycles. The Morgan fingerprint density at radius 1 is 1.29 bits per heavy atom. The average Bonchev–Trinajstić information content (AvgIpc) is 2.20. The number of aromatic nitrogens is 1. The summed E-state index contributed by atoms with van der Waals surface area (Å²) in [5.74, 6) is 0.913. The number of pyridine rings is 1. The molecule has 1 heterocycles. The molecule has 0 N–H and O–H groups in total. The average molecular weight is 187 g/mol. The third-order valence-electron chi connectivity index (χ3n) is 2.24. The summed E-state index contributed by atoms with van der Waals surface area (Å²) in [5, 5.41) is 1.17. The van der Waals surface area contributed by atoms with Crippen molar-refractivity contribution in [3.63, 3.8) is 0 Å². The summed E-state index contributed by atoms with van der Waals surface area (Å²) >= 11 is 0. The van der Waals surface area contributed by atoms with E-state index in [0.717, 1.165) is 11.3 Å². The van der Waals surface area contributed by atoms with Crippen LogP contribution in [0.4, 0.5) is 0 Å². The lowest BCUT2D eigenvalue weighted by atomic mass is 10.1. The highest BCUT2D eigenvalue weighted by Gasteiger charge is 1.99. The van der Waals surface area contributed by atoms with Gasteiger partial charge in [-0.2, -0.15) is 0 Å². The Bertz CT molecular complexity index is 451. The molecular weight excluding hydrogens is 174 g/mol. The van der Waals surface area contributed by atoms with E-state index in [1.165, 1.54) is 10.9 Å². The molecule has 0 aliphatic rings. The Morgan fingerprint density at radius 3 is 2.93 bits per heavy atom. The zero-order valence-corrected chi connectivity index (χ0v) is 8.45. The maximum atomic E-state index is 5.44. The molecule has 2 nitrogen and oxygen atoms in total. The fraction of sp³-hybridized carbons (Fsp3) is 0.250. The first-order valence-corrected chi connectivity index (χ1v) is 4.79. The van der Waals surface area contributed by atoms with Crippen molar-refractivity contribution in [3.05, 3.63) is 36.0 Å². The quantitative estimate of drug-likeness (QED) is 0.721. The minimum absolute atomic E-state index is 0.699. The number of aryl methyl sites for hydroxylation is 1. The minimum atomic E-state index is 0.699. The number of nitrogens with zero attached hydrogens (tertiary/aromatic N) is 1. The largest absolute Gasteiger partial charge is 0.494 e. The predicted octanol–water partition coefficient (Wildman–Crippen LogP) is 2.94. The number of hydrogen-bond donors (Lipinski definition) is 0. The van der Waals surface area contributed by atoms with E-state index in [1.807, 2.05) is 37.4 Å². The van der Waals surface area contributed by atoms with Crippen LogP contribution in [0.25, 0.3) is 10.9 Å². The number of rotatable bonds is 2. The van der Waals surface area contributed by atoms with Crippen molar-refractivity contribution in [1.82, 2.24) is 4.98 Å². The molecule has 0 bridgehead atoms. The summed E-state index contributed by atoms with van der Waals surface area (Å²) in [6.45, 7) is 4.77. The van der Waals surface area contributed by atoms with Crippen LogP contribution in [0.15, 0.2) is 30.5 Å². The van der Waals surface area contributed by atoms with Crippen molar-refractivity contribution >= 4 is 10.9 Å². The Hall–Kier alpha value is -1.57. The highest BCUT2D eigenvalue weighted by atomic mass is 16.5. The summed E-state index contributed by atoms with van der Waals surface area (Å²) in [5.41, 5.74) is 2.25. The molecule has 2 heteroatoms. The summed E-state index contributed by atoms with van der Waals surface area (Å²) in [7, 11) is 0. The molecule has 0 radical (unpaired) electrons. The lowest BCUT2D eigenvalue weighted by Gasteiger charge is -2.05. The fourth-order valence-electron chi connectivity index (χ4n) is 1.52. The van der Waals surface area contributed by atoms with Gasteiger partial charge in [0.2, 0.25) is 0 Å². The molecule has 0 saturated heterocycles. The second-order valence-corrected chi connectivity index (χ2v) is 3.24. The van der Waals surface area contributed by atoms with Gasteiger partial charge >= 0.3 is 0 Å². The normalized spacial score (nSPS) is 10.4. The van der Waals surface area contributed by atoms with Crippen LogP contribution in [0.3, 0.4) is 0 Å². The van der Waals surface area contributed by atoms with Crippen LogP contribution >= 0.6 is 0 Å². The van der Waals surface area contributed by atoms with Crippen LogP contribution in [0.1, 0.15) is 12.5 Å². The zero-order valence-electron chi connectivity index (χ0n) is 8.45. The highest BCUT2D eigenvalue weighted by Crippen LogP contribution is 2.21. The zero-order chi connectivity index (χ0) is 9.97. The van der Waals surface area contributed by atoms with Crippen molar-refractivity contribution in [1.29, 1.82) is 0 Å². The minimum Gasteiger partial charge on any atom is -0.494 e. The summed E-state index contributed by atoms with van der Waals surface area (Å²) < 4.78 is 5.44. The molecule has 1 aromatic heterocycles. The highest BCUT2D eigenvalue weighted by molar-refractivity contribution is 5.83. The Morgan fingerprint density at radius 2 is 2.14 bits per heavy atom. The van der Waals surface area contributed by atoms with Gasteiger partial charge in [-0.3, -0.25) is 4.98 Å². The van der Waals surface area contributed by atoms with Crippen molar-refractivity contribution < 1.29 is 4.74 Å². The molecule has 1 aromatic carbocycles. The number of benzene rings is 1. The van der Waals surface area contributed by atoms with Gasteiger partial charge in [-0.25, -0.2) is 0 Å². The fourth-order valence-corrected chi connectivity index (χ4v) is 1.52. The molecule has 72 valence electrons. The van der Waals surface area contributed by atoms with Gasteiger partial charge in [0.05, 0.1) is 12.1 Å². The van der Waals surface area contributed by atoms with Crippen LogP contribution in [-0.2, 0) is 0 Å². The van der Waals surface area contributed by atoms with E-state index in [4.69, 9.17) is 4.74 Å². The van der Waals surface area contributed by atoms with Crippen LogP contribution in [0, 0.1) is 6.92 Å². The third kappa shape index (κ3) is 1.55. The van der Waals surface area contributed by atoms with E-state index in [1.54, 1.807) is 0 Å². The van der Waals surface area contributed by atoms with Gasteiger partial charge in [0.25, 0.3) is 0 Å². The van der Waals surface area contributed by atoms with Gasteiger partial charge in [-0.15, -0.1) is 0 Å². The van der Waals surface area contributed by atoms with E-state index >= 15 is 0 Å². The SMILES string of the molecule is CCOc1ccc2nccc(C)c2c1. The molecule has 0 atom stereocenters. The van der Waals surface area contributed by atoms with E-state index in [0.29, 0.717) is 6.61 Å². The topological polar surface area (TPSA) is 22.1 Å². The maximum absolute atomic E-state index is 5.44. The second-order valence-electron chi connectivity index (χ2n) is 3.24. The first kappa shape index (κ1) is 9.00. The van der Waals surface area contributed by atoms with Crippen LogP contribution in [-0.4, -0.2) is 11.6 Å². The molecular formula is C12H13NO. The van der Waals surface area contributed by atoms with Gasteiger partial charge in [-0.05, 0) is 43.7 Å². The maximum Gasteiger partial charge on any atom is 0.120 e. The molecule has 14 heavy (non-hydrogen) atoms. The van der Waals surface area contributed by atoms with Crippen molar-refractivity contribution in [3.8, 4) is 5.75 Å². The molecule has 0 fully saturated rings. The predicted molar refractivity (Wildman–Crippen MR) is 57.6 cm³/mol. The first-order chi connectivity index (χ1) is 6.81. The number of hydrogen-bond acceptors (Lipinski definition) is 2. The molecule has 0 saturated carbocycles. The van der Waals surface area contributed by atoms with Crippen molar-refractivity contribution in [2.75, 3.05) is 6.61 Å². The van der Waals surface area contributed by atoms with Gasteiger partial charge in [-0.1, -0.05) is 0 Å². The van der Waals surface area contributed by atoms with Crippen LogP contribution in [0.2, 0.25) is 0 Å². The van der Waals surface area contributed by atoms with E-state index in [9.17, 15) is 0 Å². The van der Waals surface area contributed by atoms with Crippen molar-refractivity contribution in [2.24, 2.45) is 0 Å². The third-order valence-corrected chi connectivity index (χ3v) is 2.24. The molecule has 0 spiro atoms. The first-order valence-electron chi connectivity index (χ1n) is 4.79. The number of ether oxygens (including phenoxy) is 1. The second kappa shape index (κ2) is 3.66. The van der Waals surface area contributed by atoms with Gasteiger partial charge in [0.1, 0.15) is 5.75 Å². The van der Waals surface area contributed by atoms with Gasteiger partial charge in [0.15, 0.2) is 0 Å². The summed E-state index contributed by atoms with van der Waals surface area (Å²) in [4.78, 5) is 4.29. The molecule has 2 aromatic rings. The molecule has 2 rings (SSSR count). The van der Waals surface area contributed by atoms with E-state index < -0.39 is 0 Å². The van der Waals surface area contributed by atoms with Crippen LogP contribution in [0.5, 0.6) is 5.75 Å². The van der Waals surface area contributed by atoms with Crippen LogP contribution < -0.4 is 4.74 Å². The van der Waals surface area contributed by atoms with Crippen molar-refractivity contribution in [2.45, 2.75) is 13.8 Å². The Labute approximate surface area is 83.5 Å². The smallest absolute Gasteiger partial charge is 0.120 e. The summed E-state index contributed by atoms with van der Waals surface area (Å²) in [6, 6.07) is 8.00. The van der Waals surface area contributed by atoms with Gasteiger partial charge in [0, 0.05) is 11.6 Å². The standard InChI is InChI=1S/C12H13NO/c1-3-14-10-4-5-12-11(8-10)9(2)6-7-13-12/h4-8H,3H2,1-2H3. The molecule has 0 unspecified atom stereocenters. The Kier molecular flexibility index (Phi) is 2.35. The van der Waals surface area contributed by atoms with E-state index in [2.05, 4.69) is 11.9 Å². The monoisotopic (exact) mass is 187 g/mol. The Balaban J connectivity index is 2.58. The molecule has 0 aliphatic carbocycles. The summed E-state index contributed by atoms with van der Waals surface area (Å²) in [6.07, 6.45) is 1.83. The van der Waals surface area contributed by atoms with E-state index in [-0.39, 0.29) is 0 Å². The lowest BCUT2D eigenvalue weighted by molar-refractivity contribution is 0.340. The lowest BCUT2D eigenvalue weighted by Crippen LogP contribution is -1.91. The molecule has 0 amide bonds. The number of fused-ring (bicyclic) bond motifs is 1. The van der Waals surface area contributed by atoms with Gasteiger partial charge < -0.3 is 4.74 Å².